The molecule has 0 bridgehead atoms. The summed E-state index contributed by atoms with van der Waals surface area (Å²) in [6, 6.07) is 18.3. The highest BCUT2D eigenvalue weighted by molar-refractivity contribution is 6.03. The Morgan fingerprint density at radius 3 is 2.34 bits per heavy atom. The molecular weight excluding hydrogens is 446 g/mol. The predicted molar refractivity (Wildman–Crippen MR) is 133 cm³/mol. The average Bonchev–Trinajstić information content (AvgIpc) is 3.18. The lowest BCUT2D eigenvalue weighted by Gasteiger charge is -2.14. The number of ether oxygens (including phenoxy) is 2. The van der Waals surface area contributed by atoms with Crippen LogP contribution in [0.2, 0.25) is 0 Å². The molecule has 8 heteroatoms. The van der Waals surface area contributed by atoms with Crippen molar-refractivity contribution in [2.24, 2.45) is 0 Å². The van der Waals surface area contributed by atoms with Gasteiger partial charge in [-0.2, -0.15) is 0 Å². The highest BCUT2D eigenvalue weighted by Crippen LogP contribution is 2.28. The van der Waals surface area contributed by atoms with Gasteiger partial charge in [-0.05, 0) is 67.9 Å². The lowest BCUT2D eigenvalue weighted by Crippen LogP contribution is -2.33. The Morgan fingerprint density at radius 1 is 0.971 bits per heavy atom. The van der Waals surface area contributed by atoms with Crippen LogP contribution in [0, 0.1) is 13.8 Å². The van der Waals surface area contributed by atoms with E-state index < -0.39 is 5.91 Å². The van der Waals surface area contributed by atoms with Crippen molar-refractivity contribution < 1.29 is 23.6 Å². The zero-order chi connectivity index (χ0) is 24.8. The maximum Gasteiger partial charge on any atom is 0.255 e. The molecule has 0 aliphatic heterocycles. The van der Waals surface area contributed by atoms with Crippen LogP contribution >= 0.6 is 0 Å². The van der Waals surface area contributed by atoms with Crippen LogP contribution in [0.25, 0.3) is 10.8 Å². The summed E-state index contributed by atoms with van der Waals surface area (Å²) in [4.78, 5) is 25.5. The first-order chi connectivity index (χ1) is 16.9. The molecular formula is C27H27N3O5. The molecule has 1 heterocycles. The van der Waals surface area contributed by atoms with Gasteiger partial charge in [0.05, 0.1) is 30.0 Å². The van der Waals surface area contributed by atoms with Crippen LogP contribution in [0.1, 0.15) is 34.3 Å². The molecule has 2 N–H and O–H groups in total. The summed E-state index contributed by atoms with van der Waals surface area (Å²) < 4.78 is 16.6. The number of carbonyl (C=O) groups is 2. The lowest BCUT2D eigenvalue weighted by atomic mass is 10.1. The maximum absolute atomic E-state index is 13.1. The van der Waals surface area contributed by atoms with E-state index in [0.29, 0.717) is 29.4 Å². The van der Waals surface area contributed by atoms with Crippen LogP contribution in [0.5, 0.6) is 11.5 Å². The normalized spacial score (nSPS) is 10.7. The number of nitrogens with one attached hydrogen (secondary N) is 2. The molecule has 0 atom stereocenters. The largest absolute Gasteiger partial charge is 0.494 e. The SMILES string of the molecule is CCOc1ccc(NC(=O)CNC(=O)c2cc3ccccc3cc2OCc2c(C)noc2C)cc1. The Kier molecular flexibility index (Phi) is 7.30. The fourth-order valence-corrected chi connectivity index (χ4v) is 3.64. The number of nitrogens with zero attached hydrogens (tertiary/aromatic N) is 1. The summed E-state index contributed by atoms with van der Waals surface area (Å²) in [5, 5.41) is 11.2. The first-order valence-corrected chi connectivity index (χ1v) is 11.3. The van der Waals surface area contributed by atoms with Gasteiger partial charge < -0.3 is 24.6 Å². The number of hydrogen-bond acceptors (Lipinski definition) is 6. The number of aromatic nitrogens is 1. The van der Waals surface area contributed by atoms with E-state index in [-0.39, 0.29) is 19.1 Å². The van der Waals surface area contributed by atoms with Crippen molar-refractivity contribution in [1.82, 2.24) is 10.5 Å². The minimum Gasteiger partial charge on any atom is -0.494 e. The van der Waals surface area contributed by atoms with E-state index in [1.807, 2.05) is 51.1 Å². The van der Waals surface area contributed by atoms with Gasteiger partial charge in [-0.1, -0.05) is 29.4 Å². The fraction of sp³-hybridized carbons (Fsp3) is 0.222. The van der Waals surface area contributed by atoms with Gasteiger partial charge in [-0.15, -0.1) is 0 Å². The molecule has 2 amide bonds. The minimum atomic E-state index is -0.411. The smallest absolute Gasteiger partial charge is 0.255 e. The molecule has 0 unspecified atom stereocenters. The van der Waals surface area contributed by atoms with Gasteiger partial charge in [-0.3, -0.25) is 9.59 Å². The third kappa shape index (κ3) is 5.78. The summed E-state index contributed by atoms with van der Waals surface area (Å²) in [5.74, 6) is 1.04. The van der Waals surface area contributed by atoms with Crippen molar-refractivity contribution in [1.29, 1.82) is 0 Å². The second kappa shape index (κ2) is 10.7. The number of hydrogen-bond donors (Lipinski definition) is 2. The quantitative estimate of drug-likeness (QED) is 0.362. The van der Waals surface area contributed by atoms with Crippen LogP contribution in [0.3, 0.4) is 0 Å². The van der Waals surface area contributed by atoms with Crippen molar-refractivity contribution >= 4 is 28.3 Å². The summed E-state index contributed by atoms with van der Waals surface area (Å²) in [6.07, 6.45) is 0. The Morgan fingerprint density at radius 2 is 1.69 bits per heavy atom. The topological polar surface area (TPSA) is 103 Å². The van der Waals surface area contributed by atoms with E-state index >= 15 is 0 Å². The number of aryl methyl sites for hydroxylation is 2. The summed E-state index contributed by atoms with van der Waals surface area (Å²) >= 11 is 0. The standard InChI is InChI=1S/C27H27N3O5/c1-4-33-22-11-9-21(10-12-22)29-26(31)15-28-27(32)23-13-19-7-5-6-8-20(19)14-25(23)34-16-24-17(2)30-35-18(24)3/h5-14H,4,15-16H2,1-3H3,(H,28,32)(H,29,31). The van der Waals surface area contributed by atoms with Crippen molar-refractivity contribution in [2.45, 2.75) is 27.4 Å². The van der Waals surface area contributed by atoms with Crippen molar-refractivity contribution in [3.63, 3.8) is 0 Å². The van der Waals surface area contributed by atoms with Gasteiger partial charge in [0, 0.05) is 5.69 Å². The molecule has 0 saturated heterocycles. The van der Waals surface area contributed by atoms with E-state index in [2.05, 4.69) is 15.8 Å². The second-order valence-corrected chi connectivity index (χ2v) is 7.98. The van der Waals surface area contributed by atoms with Gasteiger partial charge in [0.25, 0.3) is 5.91 Å². The van der Waals surface area contributed by atoms with Crippen molar-refractivity contribution in [3.8, 4) is 11.5 Å². The highest BCUT2D eigenvalue weighted by Gasteiger charge is 2.17. The van der Waals surface area contributed by atoms with Crippen LogP contribution in [0.4, 0.5) is 5.69 Å². The molecule has 0 aliphatic rings. The lowest BCUT2D eigenvalue weighted by molar-refractivity contribution is -0.115. The second-order valence-electron chi connectivity index (χ2n) is 7.98. The van der Waals surface area contributed by atoms with Crippen LogP contribution < -0.4 is 20.1 Å². The fourth-order valence-electron chi connectivity index (χ4n) is 3.64. The van der Waals surface area contributed by atoms with Crippen LogP contribution in [-0.2, 0) is 11.4 Å². The Labute approximate surface area is 203 Å². The molecule has 0 aliphatic carbocycles. The van der Waals surface area contributed by atoms with Gasteiger partial charge in [-0.25, -0.2) is 0 Å². The number of rotatable bonds is 9. The summed E-state index contributed by atoms with van der Waals surface area (Å²) in [7, 11) is 0. The first kappa shape index (κ1) is 23.8. The van der Waals surface area contributed by atoms with Crippen molar-refractivity contribution in [3.05, 3.63) is 83.2 Å². The Hall–Kier alpha value is -4.33. The van der Waals surface area contributed by atoms with E-state index in [1.54, 1.807) is 30.3 Å². The molecule has 3 aromatic carbocycles. The number of amides is 2. The van der Waals surface area contributed by atoms with Gasteiger partial charge >= 0.3 is 0 Å². The molecule has 4 rings (SSSR count). The highest BCUT2D eigenvalue weighted by atomic mass is 16.5. The molecule has 35 heavy (non-hydrogen) atoms. The first-order valence-electron chi connectivity index (χ1n) is 11.3. The van der Waals surface area contributed by atoms with Crippen LogP contribution in [-0.4, -0.2) is 30.1 Å². The zero-order valence-corrected chi connectivity index (χ0v) is 19.9. The molecule has 0 spiro atoms. The molecule has 180 valence electrons. The van der Waals surface area contributed by atoms with Crippen LogP contribution in [0.15, 0.2) is 65.2 Å². The maximum atomic E-state index is 13.1. The molecule has 0 radical (unpaired) electrons. The third-order valence-corrected chi connectivity index (χ3v) is 5.50. The number of anilines is 1. The van der Waals surface area contributed by atoms with E-state index in [4.69, 9.17) is 14.0 Å². The molecule has 8 nitrogen and oxygen atoms in total. The van der Waals surface area contributed by atoms with Gasteiger partial charge in [0.2, 0.25) is 5.91 Å². The Bertz CT molecular complexity index is 1330. The molecule has 4 aromatic rings. The van der Waals surface area contributed by atoms with E-state index in [9.17, 15) is 9.59 Å². The summed E-state index contributed by atoms with van der Waals surface area (Å²) in [5.41, 5.74) is 2.52. The van der Waals surface area contributed by atoms with Gasteiger partial charge in [0.15, 0.2) is 0 Å². The summed E-state index contributed by atoms with van der Waals surface area (Å²) in [6.45, 7) is 6.14. The van der Waals surface area contributed by atoms with Crippen molar-refractivity contribution in [2.75, 3.05) is 18.5 Å². The monoisotopic (exact) mass is 473 g/mol. The van der Waals surface area contributed by atoms with Gasteiger partial charge in [0.1, 0.15) is 23.9 Å². The average molecular weight is 474 g/mol. The number of fused-ring (bicyclic) bond motifs is 1. The zero-order valence-electron chi connectivity index (χ0n) is 19.9. The third-order valence-electron chi connectivity index (χ3n) is 5.50. The van der Waals surface area contributed by atoms with E-state index in [0.717, 1.165) is 27.8 Å². The number of benzene rings is 3. The minimum absolute atomic E-state index is 0.192. The number of carbonyl (C=O) groups excluding carboxylic acids is 2. The van der Waals surface area contributed by atoms with E-state index in [1.165, 1.54) is 0 Å². The Balaban J connectivity index is 1.46. The molecule has 1 aromatic heterocycles. The predicted octanol–water partition coefficient (Wildman–Crippen LogP) is 4.79. The molecule has 0 saturated carbocycles. The molecule has 0 fully saturated rings.